The molecule has 2 amide bonds. The van der Waals surface area contributed by atoms with Crippen LogP contribution < -0.4 is 10.1 Å². The summed E-state index contributed by atoms with van der Waals surface area (Å²) in [6.07, 6.45) is 14.3. The smallest absolute Gasteiger partial charge is 0.311 e. The molecule has 0 bridgehead atoms. The highest BCUT2D eigenvalue weighted by Crippen LogP contribution is 2.32. The van der Waals surface area contributed by atoms with Crippen molar-refractivity contribution in [1.29, 1.82) is 0 Å². The molecule has 1 aliphatic heterocycles. The summed E-state index contributed by atoms with van der Waals surface area (Å²) in [7, 11) is 0. The minimum atomic E-state index is -0.632. The van der Waals surface area contributed by atoms with Crippen molar-refractivity contribution in [2.24, 2.45) is 11.8 Å². The number of halogens is 1. The number of aliphatic carboxylic acids is 1. The van der Waals surface area contributed by atoms with Crippen LogP contribution in [0.4, 0.5) is 4.79 Å². The van der Waals surface area contributed by atoms with Gasteiger partial charge < -0.3 is 9.84 Å². The number of amides is 2. The molecule has 1 saturated heterocycles. The van der Waals surface area contributed by atoms with Crippen LogP contribution >= 0.6 is 27.7 Å². The fourth-order valence-corrected chi connectivity index (χ4v) is 5.85. The number of hydrogen-bond donors (Lipinski definition) is 2. The van der Waals surface area contributed by atoms with E-state index < -0.39 is 11.9 Å². The molecule has 1 heterocycles. The van der Waals surface area contributed by atoms with Gasteiger partial charge >= 0.3 is 11.9 Å². The maximum Gasteiger partial charge on any atom is 0.311 e. The van der Waals surface area contributed by atoms with Crippen molar-refractivity contribution in [1.82, 2.24) is 5.32 Å². The van der Waals surface area contributed by atoms with Crippen LogP contribution in [0.1, 0.15) is 82.6 Å². The van der Waals surface area contributed by atoms with Crippen LogP contribution in [0, 0.1) is 11.8 Å². The Balaban J connectivity index is 0.000000287. The second-order valence-electron chi connectivity index (χ2n) is 9.33. The van der Waals surface area contributed by atoms with Gasteiger partial charge in [-0.3, -0.25) is 24.5 Å². The van der Waals surface area contributed by atoms with E-state index >= 15 is 0 Å². The second-order valence-corrected chi connectivity index (χ2v) is 11.2. The van der Waals surface area contributed by atoms with Crippen molar-refractivity contribution >= 4 is 56.9 Å². The maximum absolute atomic E-state index is 12.1. The van der Waals surface area contributed by atoms with E-state index in [0.29, 0.717) is 39.8 Å². The Morgan fingerprint density at radius 2 is 1.60 bits per heavy atom. The van der Waals surface area contributed by atoms with Gasteiger partial charge in [-0.1, -0.05) is 44.6 Å². The summed E-state index contributed by atoms with van der Waals surface area (Å²) in [4.78, 5) is 45.5. The van der Waals surface area contributed by atoms with Crippen LogP contribution in [0.25, 0.3) is 6.08 Å². The Hall–Kier alpha value is -2.13. The van der Waals surface area contributed by atoms with Gasteiger partial charge in [-0.05, 0) is 89.0 Å². The van der Waals surface area contributed by atoms with Crippen LogP contribution in [0.15, 0.2) is 27.6 Å². The molecule has 0 atom stereocenters. The highest BCUT2D eigenvalue weighted by atomic mass is 79.9. The van der Waals surface area contributed by atoms with Gasteiger partial charge in [0.15, 0.2) is 0 Å². The molecule has 1 aromatic rings. The van der Waals surface area contributed by atoms with E-state index in [2.05, 4.69) is 21.2 Å². The molecule has 2 N–H and O–H groups in total. The normalized spacial score (nSPS) is 20.2. The van der Waals surface area contributed by atoms with Gasteiger partial charge in [0.25, 0.3) is 11.1 Å². The lowest BCUT2D eigenvalue weighted by molar-refractivity contribution is -0.138. The predicted octanol–water partition coefficient (Wildman–Crippen LogP) is 6.69. The van der Waals surface area contributed by atoms with Crippen molar-refractivity contribution in [3.8, 4) is 5.75 Å². The molecule has 4 rings (SSSR count). The fourth-order valence-electron chi connectivity index (χ4n) is 4.69. The molecule has 9 heteroatoms. The molecule has 2 aliphatic carbocycles. The molecule has 35 heavy (non-hydrogen) atoms. The Morgan fingerprint density at radius 3 is 2.11 bits per heavy atom. The molecule has 1 aromatic carbocycles. The largest absolute Gasteiger partial charge is 0.481 e. The third kappa shape index (κ3) is 9.44. The Kier molecular flexibility index (Phi) is 10.8. The molecule has 2 saturated carbocycles. The summed E-state index contributed by atoms with van der Waals surface area (Å²) in [5.41, 5.74) is 0.742. The molecule has 7 nitrogen and oxygen atoms in total. The van der Waals surface area contributed by atoms with Gasteiger partial charge in [0.05, 0.1) is 9.38 Å². The average Bonchev–Trinajstić information content (AvgIpc) is 3.13. The van der Waals surface area contributed by atoms with E-state index in [-0.39, 0.29) is 11.2 Å². The number of imide groups is 1. The highest BCUT2D eigenvalue weighted by Gasteiger charge is 2.25. The summed E-state index contributed by atoms with van der Waals surface area (Å²) < 4.78 is 6.10. The van der Waals surface area contributed by atoms with Gasteiger partial charge in [0.1, 0.15) is 5.75 Å². The minimum Gasteiger partial charge on any atom is -0.481 e. The van der Waals surface area contributed by atoms with E-state index in [9.17, 15) is 19.2 Å². The molecule has 3 fully saturated rings. The molecule has 0 unspecified atom stereocenters. The number of carboxylic acid groups (broad SMARTS) is 1. The third-order valence-corrected chi connectivity index (χ3v) is 7.92. The quantitative estimate of drug-likeness (QED) is 0.224. The molecule has 3 aliphatic rings. The Bertz CT molecular complexity index is 967. The molecule has 0 radical (unpaired) electrons. The topological polar surface area (TPSA) is 110 Å². The van der Waals surface area contributed by atoms with Crippen molar-refractivity contribution in [3.63, 3.8) is 0 Å². The molecule has 0 spiro atoms. The lowest BCUT2D eigenvalue weighted by atomic mass is 9.87. The monoisotopic (exact) mass is 565 g/mol. The summed E-state index contributed by atoms with van der Waals surface area (Å²) in [6, 6.07) is 5.19. The summed E-state index contributed by atoms with van der Waals surface area (Å²) in [5, 5.41) is 10.3. The molecule has 0 aromatic heterocycles. The zero-order valence-corrected chi connectivity index (χ0v) is 22.1. The van der Waals surface area contributed by atoms with E-state index in [1.807, 2.05) is 0 Å². The van der Waals surface area contributed by atoms with E-state index in [0.717, 1.165) is 43.0 Å². The van der Waals surface area contributed by atoms with Gasteiger partial charge in [0.2, 0.25) is 0 Å². The zero-order valence-electron chi connectivity index (χ0n) is 19.7. The lowest BCUT2D eigenvalue weighted by Crippen LogP contribution is -2.17. The first-order valence-corrected chi connectivity index (χ1v) is 13.9. The van der Waals surface area contributed by atoms with Crippen molar-refractivity contribution in [2.45, 2.75) is 77.0 Å². The minimum absolute atomic E-state index is 0.213. The fraction of sp³-hybridized carbons (Fsp3) is 0.538. The van der Waals surface area contributed by atoms with Crippen LogP contribution in [0.2, 0.25) is 0 Å². The van der Waals surface area contributed by atoms with Gasteiger partial charge in [0, 0.05) is 12.8 Å². The first-order valence-electron chi connectivity index (χ1n) is 12.3. The average molecular weight is 567 g/mol. The van der Waals surface area contributed by atoms with Gasteiger partial charge in [-0.2, -0.15) is 0 Å². The number of rotatable bonds is 6. The third-order valence-electron chi connectivity index (χ3n) is 6.49. The van der Waals surface area contributed by atoms with Crippen molar-refractivity contribution < 1.29 is 29.0 Å². The van der Waals surface area contributed by atoms with E-state index in [1.54, 1.807) is 24.3 Å². The number of ether oxygens (including phenoxy) is 1. The molecular weight excluding hydrogens is 534 g/mol. The second kappa shape index (κ2) is 13.8. The highest BCUT2D eigenvalue weighted by molar-refractivity contribution is 9.10. The van der Waals surface area contributed by atoms with Gasteiger partial charge in [-0.15, -0.1) is 0 Å². The first-order chi connectivity index (χ1) is 16.8. The van der Waals surface area contributed by atoms with Crippen LogP contribution in [-0.4, -0.2) is 28.2 Å². The number of benzene rings is 1. The zero-order chi connectivity index (χ0) is 25.2. The van der Waals surface area contributed by atoms with Crippen molar-refractivity contribution in [2.75, 3.05) is 0 Å². The Morgan fingerprint density at radius 1 is 1.00 bits per heavy atom. The SMILES string of the molecule is O=C(CC1CCCCC1)Oc1ccc(/C=C2\SC(=O)NC2=O)cc1Br.O=C(O)CC1CCCCC1. The van der Waals surface area contributed by atoms with Gasteiger partial charge in [-0.25, -0.2) is 0 Å². The van der Waals surface area contributed by atoms with Crippen LogP contribution in [0.5, 0.6) is 5.75 Å². The summed E-state index contributed by atoms with van der Waals surface area (Å²) in [5.74, 6) is 0.129. The number of hydrogen-bond acceptors (Lipinski definition) is 6. The summed E-state index contributed by atoms with van der Waals surface area (Å²) in [6.45, 7) is 0. The van der Waals surface area contributed by atoms with E-state index in [1.165, 1.54) is 38.5 Å². The number of carbonyl (C=O) groups is 4. The maximum atomic E-state index is 12.1. The number of carbonyl (C=O) groups excluding carboxylic acids is 3. The Labute approximate surface area is 218 Å². The van der Waals surface area contributed by atoms with Crippen LogP contribution in [-0.2, 0) is 14.4 Å². The first kappa shape index (κ1) is 27.5. The molecular formula is C26H32BrNO6S. The van der Waals surface area contributed by atoms with Crippen LogP contribution in [0.3, 0.4) is 0 Å². The standard InChI is InChI=1S/C18H18BrNO4S.C8H14O2/c19-13-8-12(9-15-17(22)20-18(23)25-15)6-7-14(13)24-16(21)10-11-4-2-1-3-5-11;9-8(10)6-7-4-2-1-3-5-7/h6-9,11H,1-5,10H2,(H,20,22,23);7H,1-6H2,(H,9,10)/b15-9-;. The predicted molar refractivity (Wildman–Crippen MR) is 139 cm³/mol. The van der Waals surface area contributed by atoms with E-state index in [4.69, 9.17) is 9.84 Å². The van der Waals surface area contributed by atoms with Crippen molar-refractivity contribution in [3.05, 3.63) is 33.1 Å². The lowest BCUT2D eigenvalue weighted by Gasteiger charge is -2.20. The summed E-state index contributed by atoms with van der Waals surface area (Å²) >= 11 is 4.27. The molecule has 190 valence electrons. The number of thioether (sulfide) groups is 1. The number of nitrogens with one attached hydrogen (secondary N) is 1. The number of esters is 1. The number of carboxylic acids is 1.